The summed E-state index contributed by atoms with van der Waals surface area (Å²) in [4.78, 5) is 0. The maximum Gasteiger partial charge on any atom is 0.130 e. The molecule has 0 aromatic heterocycles. The minimum Gasteiger partial charge on any atom is -0.390 e. The highest BCUT2D eigenvalue weighted by Crippen LogP contribution is 2.40. The van der Waals surface area contributed by atoms with Crippen LogP contribution in [0.3, 0.4) is 0 Å². The topological polar surface area (TPSA) is 20.2 Å². The van der Waals surface area contributed by atoms with E-state index in [0.717, 1.165) is 18.4 Å². The van der Waals surface area contributed by atoms with Crippen LogP contribution in [0.2, 0.25) is 5.02 Å². The van der Waals surface area contributed by atoms with Gasteiger partial charge >= 0.3 is 0 Å². The summed E-state index contributed by atoms with van der Waals surface area (Å²) in [6.07, 6.45) is 2.23. The van der Waals surface area contributed by atoms with Crippen molar-refractivity contribution in [2.24, 2.45) is 0 Å². The molecule has 1 aliphatic carbocycles. The molecule has 1 N–H and O–H groups in total. The van der Waals surface area contributed by atoms with Gasteiger partial charge in [-0.05, 0) is 43.9 Å². The molecule has 1 fully saturated rings. The van der Waals surface area contributed by atoms with Crippen molar-refractivity contribution in [3.63, 3.8) is 0 Å². The van der Waals surface area contributed by atoms with E-state index in [1.54, 1.807) is 12.1 Å². The summed E-state index contributed by atoms with van der Waals surface area (Å²) in [6, 6.07) is 5.21. The van der Waals surface area contributed by atoms with Crippen molar-refractivity contribution in [1.82, 2.24) is 0 Å². The van der Waals surface area contributed by atoms with Crippen LogP contribution in [-0.4, -0.2) is 10.7 Å². The number of benzene rings is 1. The molecular formula is C13H16ClFO. The second-order valence-electron chi connectivity index (χ2n) is 5.18. The predicted octanol–water partition coefficient (Wildman–Crippen LogP) is 3.61. The van der Waals surface area contributed by atoms with Crippen molar-refractivity contribution in [3.05, 3.63) is 34.3 Å². The fourth-order valence-corrected chi connectivity index (χ4v) is 1.98. The summed E-state index contributed by atoms with van der Waals surface area (Å²) in [6.45, 7) is 3.01. The summed E-state index contributed by atoms with van der Waals surface area (Å²) in [7, 11) is 0. The average molecular weight is 243 g/mol. The van der Waals surface area contributed by atoms with Crippen LogP contribution in [0.25, 0.3) is 0 Å². The zero-order valence-electron chi connectivity index (χ0n) is 9.56. The van der Waals surface area contributed by atoms with Gasteiger partial charge in [0.2, 0.25) is 0 Å². The van der Waals surface area contributed by atoms with Crippen molar-refractivity contribution in [3.8, 4) is 0 Å². The Balaban J connectivity index is 2.23. The van der Waals surface area contributed by atoms with Gasteiger partial charge in [0, 0.05) is 11.4 Å². The molecule has 88 valence electrons. The zero-order chi connectivity index (χ0) is 12.0. The van der Waals surface area contributed by atoms with Crippen LogP contribution >= 0.6 is 11.6 Å². The zero-order valence-corrected chi connectivity index (χ0v) is 10.3. The van der Waals surface area contributed by atoms with Gasteiger partial charge in [-0.2, -0.15) is 0 Å². The molecule has 1 aliphatic rings. The molecule has 0 spiro atoms. The minimum atomic E-state index is -1.38. The second kappa shape index (κ2) is 3.71. The Labute approximate surface area is 100 Å². The van der Waals surface area contributed by atoms with Gasteiger partial charge in [0.05, 0.1) is 5.60 Å². The first-order valence-electron chi connectivity index (χ1n) is 5.50. The Kier molecular flexibility index (Phi) is 2.75. The Morgan fingerprint density at radius 1 is 1.44 bits per heavy atom. The van der Waals surface area contributed by atoms with E-state index in [4.69, 9.17) is 11.6 Å². The van der Waals surface area contributed by atoms with Gasteiger partial charge in [0.1, 0.15) is 5.67 Å². The van der Waals surface area contributed by atoms with E-state index in [-0.39, 0.29) is 0 Å². The number of rotatable bonds is 3. The monoisotopic (exact) mass is 242 g/mol. The molecule has 1 saturated carbocycles. The third-order valence-corrected chi connectivity index (χ3v) is 3.44. The number of alkyl halides is 1. The van der Waals surface area contributed by atoms with Crippen LogP contribution in [0.15, 0.2) is 18.2 Å². The summed E-state index contributed by atoms with van der Waals surface area (Å²) >= 11 is 6.09. The molecule has 0 radical (unpaired) electrons. The van der Waals surface area contributed by atoms with E-state index < -0.39 is 11.3 Å². The van der Waals surface area contributed by atoms with Gasteiger partial charge in [-0.3, -0.25) is 0 Å². The molecule has 16 heavy (non-hydrogen) atoms. The lowest BCUT2D eigenvalue weighted by atomic mass is 9.97. The fourth-order valence-electron chi connectivity index (χ4n) is 1.74. The fraction of sp³-hybridized carbons (Fsp3) is 0.538. The highest BCUT2D eigenvalue weighted by Gasteiger charge is 2.40. The standard InChI is InChI=1S/C13H16ClFO/c1-12(2,15)10-4-3-9(11(14)7-10)8-13(16)5-6-13/h3-4,7,16H,5-6,8H2,1-2H3. The van der Waals surface area contributed by atoms with Crippen LogP contribution in [0.5, 0.6) is 0 Å². The van der Waals surface area contributed by atoms with Gasteiger partial charge in [-0.25, -0.2) is 4.39 Å². The molecule has 0 amide bonds. The quantitative estimate of drug-likeness (QED) is 0.859. The third kappa shape index (κ3) is 2.55. The molecule has 0 unspecified atom stereocenters. The molecule has 2 rings (SSSR count). The summed E-state index contributed by atoms with van der Waals surface area (Å²) < 4.78 is 13.7. The molecule has 0 saturated heterocycles. The minimum absolute atomic E-state index is 0.545. The van der Waals surface area contributed by atoms with E-state index in [1.807, 2.05) is 6.07 Å². The highest BCUT2D eigenvalue weighted by molar-refractivity contribution is 6.31. The molecule has 0 heterocycles. The molecular weight excluding hydrogens is 227 g/mol. The van der Waals surface area contributed by atoms with Crippen molar-refractivity contribution >= 4 is 11.6 Å². The van der Waals surface area contributed by atoms with Crippen molar-refractivity contribution in [2.75, 3.05) is 0 Å². The Hall–Kier alpha value is -0.600. The van der Waals surface area contributed by atoms with E-state index in [9.17, 15) is 9.50 Å². The molecule has 1 nitrogen and oxygen atoms in total. The van der Waals surface area contributed by atoms with E-state index >= 15 is 0 Å². The van der Waals surface area contributed by atoms with Gasteiger partial charge < -0.3 is 5.11 Å². The molecule has 0 aliphatic heterocycles. The van der Waals surface area contributed by atoms with Crippen LogP contribution in [0, 0.1) is 0 Å². The summed E-state index contributed by atoms with van der Waals surface area (Å²) in [5, 5.41) is 10.3. The van der Waals surface area contributed by atoms with Crippen molar-refractivity contribution in [1.29, 1.82) is 0 Å². The van der Waals surface area contributed by atoms with Crippen LogP contribution in [0.1, 0.15) is 37.8 Å². The first-order chi connectivity index (χ1) is 7.30. The molecule has 0 bridgehead atoms. The first-order valence-corrected chi connectivity index (χ1v) is 5.88. The number of hydrogen-bond donors (Lipinski definition) is 1. The van der Waals surface area contributed by atoms with E-state index in [2.05, 4.69) is 0 Å². The lowest BCUT2D eigenvalue weighted by molar-refractivity contribution is 0.151. The lowest BCUT2D eigenvalue weighted by Crippen LogP contribution is -2.13. The largest absolute Gasteiger partial charge is 0.390 e. The number of hydrogen-bond acceptors (Lipinski definition) is 1. The van der Waals surface area contributed by atoms with Gasteiger partial charge in [-0.1, -0.05) is 23.7 Å². The lowest BCUT2D eigenvalue weighted by Gasteiger charge is -2.17. The smallest absolute Gasteiger partial charge is 0.130 e. The van der Waals surface area contributed by atoms with Gasteiger partial charge in [0.15, 0.2) is 0 Å². The summed E-state index contributed by atoms with van der Waals surface area (Å²) in [5.74, 6) is 0. The maximum absolute atomic E-state index is 13.7. The van der Waals surface area contributed by atoms with Gasteiger partial charge in [-0.15, -0.1) is 0 Å². The van der Waals surface area contributed by atoms with Crippen molar-refractivity contribution < 1.29 is 9.50 Å². The third-order valence-electron chi connectivity index (χ3n) is 3.09. The predicted molar refractivity (Wildman–Crippen MR) is 63.5 cm³/mol. The average Bonchev–Trinajstić information content (AvgIpc) is 2.86. The van der Waals surface area contributed by atoms with Gasteiger partial charge in [0.25, 0.3) is 0 Å². The Morgan fingerprint density at radius 2 is 2.06 bits per heavy atom. The van der Waals surface area contributed by atoms with Crippen molar-refractivity contribution in [2.45, 2.75) is 44.4 Å². The van der Waals surface area contributed by atoms with E-state index in [0.29, 0.717) is 17.0 Å². The summed E-state index contributed by atoms with van der Waals surface area (Å²) in [5.41, 5.74) is -0.464. The normalized spacial score (nSPS) is 18.6. The number of halogens is 2. The van der Waals surface area contributed by atoms with E-state index in [1.165, 1.54) is 13.8 Å². The highest BCUT2D eigenvalue weighted by atomic mass is 35.5. The SMILES string of the molecule is CC(C)(F)c1ccc(CC2(O)CC2)c(Cl)c1. The second-order valence-corrected chi connectivity index (χ2v) is 5.59. The molecule has 1 aromatic carbocycles. The van der Waals surface area contributed by atoms with Crippen LogP contribution in [0.4, 0.5) is 4.39 Å². The Bertz CT molecular complexity index is 405. The molecule has 1 aromatic rings. The number of aliphatic hydroxyl groups is 1. The molecule has 0 atom stereocenters. The molecule has 3 heteroatoms. The Morgan fingerprint density at radius 3 is 2.50 bits per heavy atom. The first kappa shape index (κ1) is 11.9. The maximum atomic E-state index is 13.7. The van der Waals surface area contributed by atoms with Crippen LogP contribution in [-0.2, 0) is 12.1 Å². The van der Waals surface area contributed by atoms with Crippen LogP contribution < -0.4 is 0 Å².